The molecule has 118 valence electrons. The van der Waals surface area contributed by atoms with E-state index in [9.17, 15) is 4.79 Å². The molecule has 0 saturated carbocycles. The third-order valence-electron chi connectivity index (χ3n) is 3.51. The molecule has 2 aromatic carbocycles. The molecule has 0 radical (unpaired) electrons. The summed E-state index contributed by atoms with van der Waals surface area (Å²) in [7, 11) is 3.15. The Balaban J connectivity index is 1.74. The van der Waals surface area contributed by atoms with Gasteiger partial charge in [0.15, 0.2) is 11.5 Å². The highest BCUT2D eigenvalue weighted by Crippen LogP contribution is 2.27. The van der Waals surface area contributed by atoms with E-state index in [2.05, 4.69) is 10.4 Å². The molecule has 0 saturated heterocycles. The van der Waals surface area contributed by atoms with Crippen LogP contribution < -0.4 is 14.9 Å². The molecule has 0 aliphatic heterocycles. The maximum absolute atomic E-state index is 12.2. The molecule has 6 nitrogen and oxygen atoms in total. The van der Waals surface area contributed by atoms with E-state index in [0.29, 0.717) is 11.5 Å². The smallest absolute Gasteiger partial charge is 0.243 e. The van der Waals surface area contributed by atoms with Crippen molar-refractivity contribution in [1.82, 2.24) is 9.66 Å². The third-order valence-corrected chi connectivity index (χ3v) is 3.51. The Morgan fingerprint density at radius 3 is 2.70 bits per heavy atom. The second-order valence-corrected chi connectivity index (χ2v) is 5.00. The maximum Gasteiger partial charge on any atom is 0.243 e. The van der Waals surface area contributed by atoms with Crippen molar-refractivity contribution in [3.63, 3.8) is 0 Å². The number of nitrogens with zero attached hydrogens (tertiary/aromatic N) is 2. The number of hydrogen-bond donors (Lipinski definition) is 1. The zero-order valence-electron chi connectivity index (χ0n) is 12.9. The normalized spacial score (nSPS) is 10.5. The van der Waals surface area contributed by atoms with Crippen molar-refractivity contribution >= 4 is 16.9 Å². The van der Waals surface area contributed by atoms with Crippen LogP contribution in [0, 0.1) is 0 Å². The zero-order valence-corrected chi connectivity index (χ0v) is 12.9. The van der Waals surface area contributed by atoms with Gasteiger partial charge in [-0.15, -0.1) is 0 Å². The molecule has 3 rings (SSSR count). The molecule has 3 aromatic rings. The van der Waals surface area contributed by atoms with Crippen LogP contribution in [0.1, 0.15) is 5.56 Å². The summed E-state index contributed by atoms with van der Waals surface area (Å²) in [6.45, 7) is 0. The van der Waals surface area contributed by atoms with Gasteiger partial charge in [0.1, 0.15) is 6.33 Å². The molecule has 0 fully saturated rings. The van der Waals surface area contributed by atoms with Crippen LogP contribution in [0.4, 0.5) is 0 Å². The van der Waals surface area contributed by atoms with E-state index in [-0.39, 0.29) is 12.3 Å². The number of fused-ring (bicyclic) bond motifs is 1. The van der Waals surface area contributed by atoms with Gasteiger partial charge in [-0.1, -0.05) is 18.2 Å². The highest BCUT2D eigenvalue weighted by Gasteiger charge is 2.10. The Morgan fingerprint density at radius 2 is 1.91 bits per heavy atom. The zero-order chi connectivity index (χ0) is 16.2. The van der Waals surface area contributed by atoms with Crippen molar-refractivity contribution in [2.24, 2.45) is 0 Å². The van der Waals surface area contributed by atoms with E-state index in [1.165, 1.54) is 0 Å². The number of carbonyl (C=O) groups excluding carboxylic acids is 1. The Bertz CT molecular complexity index is 842. The van der Waals surface area contributed by atoms with Crippen LogP contribution in [0.5, 0.6) is 11.5 Å². The van der Waals surface area contributed by atoms with Gasteiger partial charge in [-0.3, -0.25) is 10.2 Å². The van der Waals surface area contributed by atoms with E-state index in [4.69, 9.17) is 9.47 Å². The number of hydrogen-bond acceptors (Lipinski definition) is 4. The van der Waals surface area contributed by atoms with Gasteiger partial charge >= 0.3 is 0 Å². The average molecular weight is 311 g/mol. The summed E-state index contributed by atoms with van der Waals surface area (Å²) in [6, 6.07) is 13.0. The first-order chi connectivity index (χ1) is 11.2. The fourth-order valence-electron chi connectivity index (χ4n) is 2.40. The second kappa shape index (κ2) is 6.39. The predicted molar refractivity (Wildman–Crippen MR) is 87.4 cm³/mol. The fourth-order valence-corrected chi connectivity index (χ4v) is 2.40. The molecule has 0 atom stereocenters. The number of nitrogens with one attached hydrogen (secondary N) is 1. The number of aromatic nitrogens is 2. The lowest BCUT2D eigenvalue weighted by Gasteiger charge is -2.10. The summed E-state index contributed by atoms with van der Waals surface area (Å²) >= 11 is 0. The van der Waals surface area contributed by atoms with Gasteiger partial charge in [-0.05, 0) is 29.8 Å². The van der Waals surface area contributed by atoms with Crippen molar-refractivity contribution in [3.05, 3.63) is 54.4 Å². The Morgan fingerprint density at radius 1 is 1.13 bits per heavy atom. The van der Waals surface area contributed by atoms with E-state index in [1.54, 1.807) is 37.4 Å². The van der Waals surface area contributed by atoms with Crippen LogP contribution in [-0.2, 0) is 11.2 Å². The molecule has 0 unspecified atom stereocenters. The van der Waals surface area contributed by atoms with Crippen molar-refractivity contribution in [3.8, 4) is 11.5 Å². The van der Waals surface area contributed by atoms with Crippen LogP contribution in [0.15, 0.2) is 48.8 Å². The molecule has 0 bridgehead atoms. The van der Waals surface area contributed by atoms with Crippen molar-refractivity contribution < 1.29 is 14.3 Å². The first-order valence-electron chi connectivity index (χ1n) is 7.14. The largest absolute Gasteiger partial charge is 0.493 e. The summed E-state index contributed by atoms with van der Waals surface area (Å²) in [5, 5.41) is 0. The highest BCUT2D eigenvalue weighted by molar-refractivity contribution is 5.88. The number of carbonyl (C=O) groups is 1. The monoisotopic (exact) mass is 311 g/mol. The first kappa shape index (κ1) is 14.9. The Labute approximate surface area is 133 Å². The molecule has 0 spiro atoms. The Kier molecular flexibility index (Phi) is 4.14. The minimum Gasteiger partial charge on any atom is -0.493 e. The summed E-state index contributed by atoms with van der Waals surface area (Å²) in [6.07, 6.45) is 1.82. The second-order valence-electron chi connectivity index (χ2n) is 5.00. The lowest BCUT2D eigenvalue weighted by molar-refractivity contribution is -0.116. The number of imidazole rings is 1. The fraction of sp³-hybridized carbons (Fsp3) is 0.176. The third kappa shape index (κ3) is 3.11. The minimum atomic E-state index is -0.139. The van der Waals surface area contributed by atoms with Crippen molar-refractivity contribution in [1.29, 1.82) is 0 Å². The number of rotatable bonds is 5. The number of amides is 1. The lowest BCUT2D eigenvalue weighted by Crippen LogP contribution is -2.23. The summed E-state index contributed by atoms with van der Waals surface area (Å²) in [5.74, 6) is 1.10. The van der Waals surface area contributed by atoms with Gasteiger partial charge in [0.25, 0.3) is 0 Å². The number of para-hydroxylation sites is 2. The summed E-state index contributed by atoms with van der Waals surface area (Å²) < 4.78 is 12.1. The van der Waals surface area contributed by atoms with Crippen LogP contribution in [0.2, 0.25) is 0 Å². The summed E-state index contributed by atoms with van der Waals surface area (Å²) in [5.41, 5.74) is 5.35. The molecule has 1 N–H and O–H groups in total. The predicted octanol–water partition coefficient (Wildman–Crippen LogP) is 2.37. The number of ether oxygens (including phenoxy) is 2. The number of methoxy groups -OCH3 is 2. The van der Waals surface area contributed by atoms with E-state index in [1.807, 2.05) is 30.3 Å². The van der Waals surface area contributed by atoms with Crippen LogP contribution in [0.25, 0.3) is 11.0 Å². The lowest BCUT2D eigenvalue weighted by atomic mass is 10.1. The van der Waals surface area contributed by atoms with Crippen LogP contribution in [0.3, 0.4) is 0 Å². The highest BCUT2D eigenvalue weighted by atomic mass is 16.5. The topological polar surface area (TPSA) is 65.4 Å². The molecule has 0 aliphatic carbocycles. The Hall–Kier alpha value is -3.02. The SMILES string of the molecule is COc1ccc(CC(=O)Nn2cnc3ccccc32)cc1OC. The molecular formula is C17H17N3O3. The molecule has 23 heavy (non-hydrogen) atoms. The first-order valence-corrected chi connectivity index (χ1v) is 7.14. The molecule has 1 aromatic heterocycles. The van der Waals surface area contributed by atoms with Crippen LogP contribution in [-0.4, -0.2) is 29.8 Å². The average Bonchev–Trinajstić information content (AvgIpc) is 2.97. The standard InChI is InChI=1S/C17H17N3O3/c1-22-15-8-7-12(9-16(15)23-2)10-17(21)19-20-11-18-13-5-3-4-6-14(13)20/h3-9,11H,10H2,1-2H3,(H,19,21). The van der Waals surface area contributed by atoms with Gasteiger partial charge in [0, 0.05) is 0 Å². The van der Waals surface area contributed by atoms with E-state index in [0.717, 1.165) is 16.6 Å². The van der Waals surface area contributed by atoms with E-state index >= 15 is 0 Å². The molecule has 1 amide bonds. The quantitative estimate of drug-likeness (QED) is 0.785. The molecule has 0 aliphatic rings. The van der Waals surface area contributed by atoms with Gasteiger partial charge in [-0.2, -0.15) is 0 Å². The maximum atomic E-state index is 12.2. The van der Waals surface area contributed by atoms with Crippen molar-refractivity contribution in [2.75, 3.05) is 19.6 Å². The van der Waals surface area contributed by atoms with Gasteiger partial charge < -0.3 is 9.47 Å². The van der Waals surface area contributed by atoms with Crippen LogP contribution >= 0.6 is 0 Å². The van der Waals surface area contributed by atoms with Crippen molar-refractivity contribution in [2.45, 2.75) is 6.42 Å². The van der Waals surface area contributed by atoms with Gasteiger partial charge in [0.05, 0.1) is 31.7 Å². The molecular weight excluding hydrogens is 294 g/mol. The van der Waals surface area contributed by atoms with Gasteiger partial charge in [0.2, 0.25) is 5.91 Å². The molecule has 6 heteroatoms. The van der Waals surface area contributed by atoms with E-state index < -0.39 is 0 Å². The number of benzene rings is 2. The van der Waals surface area contributed by atoms with Gasteiger partial charge in [-0.25, -0.2) is 9.66 Å². The minimum absolute atomic E-state index is 0.139. The molecule has 1 heterocycles. The summed E-state index contributed by atoms with van der Waals surface area (Å²) in [4.78, 5) is 16.5.